The first-order valence-electron chi connectivity index (χ1n) is 8.67. The normalized spacial score (nSPS) is 15.8. The molecule has 0 saturated heterocycles. The van der Waals surface area contributed by atoms with Gasteiger partial charge in [0.1, 0.15) is 0 Å². The van der Waals surface area contributed by atoms with Gasteiger partial charge in [-0.2, -0.15) is 0 Å². The quantitative estimate of drug-likeness (QED) is 0.880. The van der Waals surface area contributed by atoms with Gasteiger partial charge < -0.3 is 15.0 Å². The highest BCUT2D eigenvalue weighted by Crippen LogP contribution is 2.30. The Kier molecular flexibility index (Phi) is 5.41. The molecule has 0 unspecified atom stereocenters. The van der Waals surface area contributed by atoms with Crippen LogP contribution in [-0.2, 0) is 16.0 Å². The number of hydrogen-bond donors (Lipinski definition) is 2. The third-order valence-electron chi connectivity index (χ3n) is 4.53. The predicted octanol–water partition coefficient (Wildman–Crippen LogP) is 3.64. The van der Waals surface area contributed by atoms with Crippen LogP contribution < -0.4 is 15.5 Å². The van der Waals surface area contributed by atoms with Crippen LogP contribution in [0.25, 0.3) is 0 Å². The minimum atomic E-state index is -0.531. The molecule has 1 atom stereocenters. The number of anilines is 3. The molecular formula is C20H23N3O3. The first kappa shape index (κ1) is 17.8. The molecule has 1 aliphatic rings. The third kappa shape index (κ3) is 3.96. The van der Waals surface area contributed by atoms with Crippen LogP contribution in [0.1, 0.15) is 18.9 Å². The fourth-order valence-corrected chi connectivity index (χ4v) is 3.21. The highest BCUT2D eigenvalue weighted by atomic mass is 16.5. The van der Waals surface area contributed by atoms with Crippen molar-refractivity contribution in [3.8, 4) is 0 Å². The number of fused-ring (bicyclic) bond motifs is 1. The summed E-state index contributed by atoms with van der Waals surface area (Å²) in [6.07, 6.45) is 1.42. The van der Waals surface area contributed by atoms with Crippen molar-refractivity contribution >= 4 is 29.1 Å². The predicted molar refractivity (Wildman–Crippen MR) is 103 cm³/mol. The van der Waals surface area contributed by atoms with Crippen LogP contribution in [0.15, 0.2) is 48.5 Å². The summed E-state index contributed by atoms with van der Waals surface area (Å²) in [7, 11) is 1.31. The second-order valence-corrected chi connectivity index (χ2v) is 6.33. The third-order valence-corrected chi connectivity index (χ3v) is 4.53. The average Bonchev–Trinajstić information content (AvgIpc) is 2.66. The maximum atomic E-state index is 12.8. The lowest BCUT2D eigenvalue weighted by atomic mass is 9.96. The number of nitrogens with one attached hydrogen (secondary N) is 2. The smallest absolute Gasteiger partial charge is 0.411 e. The van der Waals surface area contributed by atoms with Crippen molar-refractivity contribution in [2.24, 2.45) is 0 Å². The number of amides is 2. The van der Waals surface area contributed by atoms with Crippen molar-refractivity contribution in [1.29, 1.82) is 0 Å². The van der Waals surface area contributed by atoms with Gasteiger partial charge in [0, 0.05) is 23.1 Å². The molecule has 3 rings (SSSR count). The Balaban J connectivity index is 1.68. The SMILES string of the molecule is COC(=O)Nc1cccc(NCC(=O)N2c3ccccc3CC[C@@H]2C)c1. The van der Waals surface area contributed by atoms with Gasteiger partial charge >= 0.3 is 6.09 Å². The van der Waals surface area contributed by atoms with Crippen molar-refractivity contribution in [3.05, 3.63) is 54.1 Å². The summed E-state index contributed by atoms with van der Waals surface area (Å²) >= 11 is 0. The van der Waals surface area contributed by atoms with Gasteiger partial charge in [-0.3, -0.25) is 10.1 Å². The number of carbonyl (C=O) groups is 2. The summed E-state index contributed by atoms with van der Waals surface area (Å²) in [5, 5.41) is 5.75. The largest absolute Gasteiger partial charge is 0.453 e. The van der Waals surface area contributed by atoms with Gasteiger partial charge in [0.25, 0.3) is 0 Å². The number of carbonyl (C=O) groups excluding carboxylic acids is 2. The summed E-state index contributed by atoms with van der Waals surface area (Å²) in [6, 6.07) is 15.4. The number of methoxy groups -OCH3 is 1. The summed E-state index contributed by atoms with van der Waals surface area (Å²) in [6.45, 7) is 2.26. The zero-order valence-corrected chi connectivity index (χ0v) is 15.0. The molecule has 0 saturated carbocycles. The zero-order chi connectivity index (χ0) is 18.5. The maximum Gasteiger partial charge on any atom is 0.411 e. The molecule has 26 heavy (non-hydrogen) atoms. The van der Waals surface area contributed by atoms with E-state index in [1.807, 2.05) is 29.2 Å². The number of benzene rings is 2. The Labute approximate surface area is 153 Å². The molecule has 6 heteroatoms. The van der Waals surface area contributed by atoms with Crippen LogP contribution in [0.5, 0.6) is 0 Å². The minimum Gasteiger partial charge on any atom is -0.453 e. The average molecular weight is 353 g/mol. The number of hydrogen-bond acceptors (Lipinski definition) is 4. The van der Waals surface area contributed by atoms with E-state index in [1.54, 1.807) is 18.2 Å². The molecule has 2 amide bonds. The molecule has 1 aliphatic heterocycles. The summed E-state index contributed by atoms with van der Waals surface area (Å²) < 4.78 is 4.59. The minimum absolute atomic E-state index is 0.0241. The molecule has 2 aromatic carbocycles. The molecule has 2 aromatic rings. The summed E-state index contributed by atoms with van der Waals surface area (Å²) in [5.41, 5.74) is 3.57. The van der Waals surface area contributed by atoms with Gasteiger partial charge in [-0.25, -0.2) is 4.79 Å². The zero-order valence-electron chi connectivity index (χ0n) is 15.0. The molecule has 0 fully saturated rings. The van der Waals surface area contributed by atoms with E-state index in [0.29, 0.717) is 5.69 Å². The first-order valence-corrected chi connectivity index (χ1v) is 8.67. The van der Waals surface area contributed by atoms with E-state index in [9.17, 15) is 9.59 Å². The lowest BCUT2D eigenvalue weighted by Crippen LogP contribution is -2.44. The van der Waals surface area contributed by atoms with E-state index >= 15 is 0 Å². The maximum absolute atomic E-state index is 12.8. The summed E-state index contributed by atoms with van der Waals surface area (Å²) in [4.78, 5) is 26.0. The first-order chi connectivity index (χ1) is 12.6. The van der Waals surface area contributed by atoms with Crippen LogP contribution in [0, 0.1) is 0 Å². The van der Waals surface area contributed by atoms with E-state index in [0.717, 1.165) is 24.2 Å². The highest BCUT2D eigenvalue weighted by Gasteiger charge is 2.27. The Morgan fingerprint density at radius 1 is 1.15 bits per heavy atom. The van der Waals surface area contributed by atoms with Crippen molar-refractivity contribution < 1.29 is 14.3 Å². The van der Waals surface area contributed by atoms with Gasteiger partial charge in [0.15, 0.2) is 0 Å². The second kappa shape index (κ2) is 7.91. The summed E-state index contributed by atoms with van der Waals surface area (Å²) in [5.74, 6) is 0.0241. The number of aryl methyl sites for hydroxylation is 1. The van der Waals surface area contributed by atoms with Gasteiger partial charge in [0.05, 0.1) is 13.7 Å². The Hall–Kier alpha value is -3.02. The number of rotatable bonds is 4. The topological polar surface area (TPSA) is 70.7 Å². The molecule has 136 valence electrons. The lowest BCUT2D eigenvalue weighted by Gasteiger charge is -2.35. The van der Waals surface area contributed by atoms with Crippen LogP contribution in [-0.4, -0.2) is 31.7 Å². The molecule has 0 radical (unpaired) electrons. The van der Waals surface area contributed by atoms with E-state index in [-0.39, 0.29) is 18.5 Å². The monoisotopic (exact) mass is 353 g/mol. The molecule has 6 nitrogen and oxygen atoms in total. The van der Waals surface area contributed by atoms with Crippen molar-refractivity contribution in [1.82, 2.24) is 0 Å². The van der Waals surface area contributed by atoms with Crippen LogP contribution in [0.3, 0.4) is 0 Å². The van der Waals surface area contributed by atoms with Crippen molar-refractivity contribution in [2.75, 3.05) is 29.2 Å². The number of ether oxygens (including phenoxy) is 1. The molecular weight excluding hydrogens is 330 g/mol. The number of nitrogens with zero attached hydrogens (tertiary/aromatic N) is 1. The van der Waals surface area contributed by atoms with Gasteiger partial charge in [-0.15, -0.1) is 0 Å². The van der Waals surface area contributed by atoms with Gasteiger partial charge in [0.2, 0.25) is 5.91 Å². The van der Waals surface area contributed by atoms with Crippen LogP contribution in [0.4, 0.5) is 21.9 Å². The standard InChI is InChI=1S/C20H23N3O3/c1-14-10-11-15-6-3-4-9-18(15)23(14)19(24)13-21-16-7-5-8-17(12-16)22-20(25)26-2/h3-9,12,14,21H,10-11,13H2,1-2H3,(H,22,25)/t14-/m0/s1. The number of para-hydroxylation sites is 1. The van der Waals surface area contributed by atoms with Crippen LogP contribution >= 0.6 is 0 Å². The van der Waals surface area contributed by atoms with Crippen molar-refractivity contribution in [2.45, 2.75) is 25.8 Å². The Morgan fingerprint density at radius 3 is 2.73 bits per heavy atom. The van der Waals surface area contributed by atoms with Gasteiger partial charge in [-0.05, 0) is 49.6 Å². The second-order valence-electron chi connectivity index (χ2n) is 6.33. The molecule has 2 N–H and O–H groups in total. The molecule has 0 spiro atoms. The van der Waals surface area contributed by atoms with Crippen LogP contribution in [0.2, 0.25) is 0 Å². The van der Waals surface area contributed by atoms with Gasteiger partial charge in [-0.1, -0.05) is 24.3 Å². The fourth-order valence-electron chi connectivity index (χ4n) is 3.21. The highest BCUT2D eigenvalue weighted by molar-refractivity contribution is 5.98. The van der Waals surface area contributed by atoms with E-state index in [1.165, 1.54) is 12.7 Å². The molecule has 0 aromatic heterocycles. The lowest BCUT2D eigenvalue weighted by molar-refractivity contribution is -0.117. The van der Waals surface area contributed by atoms with Crippen molar-refractivity contribution in [3.63, 3.8) is 0 Å². The van der Waals surface area contributed by atoms with E-state index in [4.69, 9.17) is 0 Å². The van der Waals surface area contributed by atoms with E-state index < -0.39 is 6.09 Å². The molecule has 0 bridgehead atoms. The van der Waals surface area contributed by atoms with E-state index in [2.05, 4.69) is 28.4 Å². The Bertz CT molecular complexity index is 806. The Morgan fingerprint density at radius 2 is 1.92 bits per heavy atom. The fraction of sp³-hybridized carbons (Fsp3) is 0.300. The molecule has 0 aliphatic carbocycles. The molecule has 1 heterocycles.